The van der Waals surface area contributed by atoms with E-state index in [0.717, 1.165) is 17.8 Å². The third-order valence-electron chi connectivity index (χ3n) is 2.37. The first-order chi connectivity index (χ1) is 9.23. The molecule has 0 aliphatic heterocycles. The SMILES string of the molecule is Cc1cc([N+](=O)[O-])cc([N+](=O)[O-])c1SC[C@H](N)C(=O)O. The molecule has 0 amide bonds. The van der Waals surface area contributed by atoms with Crippen molar-refractivity contribution < 1.29 is 19.7 Å². The quantitative estimate of drug-likeness (QED) is 0.453. The number of non-ortho nitro benzene ring substituents is 1. The average molecular weight is 301 g/mol. The summed E-state index contributed by atoms with van der Waals surface area (Å²) in [4.78, 5) is 30.9. The van der Waals surface area contributed by atoms with Crippen molar-refractivity contribution in [2.45, 2.75) is 17.9 Å². The van der Waals surface area contributed by atoms with Gasteiger partial charge in [-0.25, -0.2) is 0 Å². The van der Waals surface area contributed by atoms with E-state index in [-0.39, 0.29) is 16.3 Å². The zero-order valence-corrected chi connectivity index (χ0v) is 11.1. The molecule has 0 aliphatic rings. The number of benzene rings is 1. The zero-order valence-electron chi connectivity index (χ0n) is 10.3. The molecule has 20 heavy (non-hydrogen) atoms. The smallest absolute Gasteiger partial charge is 0.321 e. The van der Waals surface area contributed by atoms with Gasteiger partial charge in [0.15, 0.2) is 0 Å². The summed E-state index contributed by atoms with van der Waals surface area (Å²) in [5.74, 6) is -1.30. The first-order valence-corrected chi connectivity index (χ1v) is 6.27. The second kappa shape index (κ2) is 6.30. The van der Waals surface area contributed by atoms with E-state index in [1.54, 1.807) is 0 Å². The Kier molecular flexibility index (Phi) is 5.00. The van der Waals surface area contributed by atoms with Crippen LogP contribution in [0.3, 0.4) is 0 Å². The monoisotopic (exact) mass is 301 g/mol. The molecule has 0 bridgehead atoms. The maximum Gasteiger partial charge on any atom is 0.321 e. The fraction of sp³-hybridized carbons (Fsp3) is 0.300. The summed E-state index contributed by atoms with van der Waals surface area (Å²) in [5.41, 5.74) is 4.83. The molecule has 0 radical (unpaired) electrons. The first-order valence-electron chi connectivity index (χ1n) is 5.28. The molecule has 0 saturated carbocycles. The number of aryl methyl sites for hydroxylation is 1. The van der Waals surface area contributed by atoms with Crippen LogP contribution < -0.4 is 5.73 Å². The highest BCUT2D eigenvalue weighted by molar-refractivity contribution is 7.99. The maximum absolute atomic E-state index is 10.9. The molecule has 0 aromatic heterocycles. The van der Waals surface area contributed by atoms with Crippen LogP contribution in [0.25, 0.3) is 0 Å². The van der Waals surface area contributed by atoms with Gasteiger partial charge in [0.05, 0.1) is 20.8 Å². The number of nitro benzene ring substituents is 2. The van der Waals surface area contributed by atoms with Crippen LogP contribution in [0.2, 0.25) is 0 Å². The molecular weight excluding hydrogens is 290 g/mol. The van der Waals surface area contributed by atoms with Gasteiger partial charge in [-0.05, 0) is 12.5 Å². The van der Waals surface area contributed by atoms with Crippen molar-refractivity contribution in [2.75, 3.05) is 5.75 Å². The molecule has 3 N–H and O–H groups in total. The van der Waals surface area contributed by atoms with Crippen LogP contribution in [-0.4, -0.2) is 32.7 Å². The average Bonchev–Trinajstić information content (AvgIpc) is 2.35. The van der Waals surface area contributed by atoms with Crippen molar-refractivity contribution >= 4 is 29.1 Å². The van der Waals surface area contributed by atoms with Crippen LogP contribution in [0, 0.1) is 27.2 Å². The number of carboxylic acid groups (broad SMARTS) is 1. The van der Waals surface area contributed by atoms with Crippen molar-refractivity contribution in [3.05, 3.63) is 37.9 Å². The van der Waals surface area contributed by atoms with Crippen LogP contribution in [-0.2, 0) is 4.79 Å². The molecule has 10 heteroatoms. The number of nitrogens with two attached hydrogens (primary N) is 1. The van der Waals surface area contributed by atoms with Gasteiger partial charge in [-0.2, -0.15) is 0 Å². The van der Waals surface area contributed by atoms with Gasteiger partial charge in [-0.1, -0.05) is 0 Å². The summed E-state index contributed by atoms with van der Waals surface area (Å²) < 4.78 is 0. The predicted octanol–water partition coefficient (Wildman–Crippen LogP) is 1.32. The Morgan fingerprint density at radius 3 is 2.45 bits per heavy atom. The highest BCUT2D eigenvalue weighted by atomic mass is 32.2. The lowest BCUT2D eigenvalue weighted by molar-refractivity contribution is -0.396. The zero-order chi connectivity index (χ0) is 15.4. The van der Waals surface area contributed by atoms with Gasteiger partial charge in [-0.3, -0.25) is 25.0 Å². The summed E-state index contributed by atoms with van der Waals surface area (Å²) >= 11 is 0.889. The van der Waals surface area contributed by atoms with E-state index in [1.165, 1.54) is 13.0 Å². The third-order valence-corrected chi connectivity index (χ3v) is 3.72. The number of hydrogen-bond donors (Lipinski definition) is 2. The number of hydrogen-bond acceptors (Lipinski definition) is 7. The third kappa shape index (κ3) is 3.65. The summed E-state index contributed by atoms with van der Waals surface area (Å²) in [7, 11) is 0. The minimum absolute atomic E-state index is 0.0746. The van der Waals surface area contributed by atoms with Gasteiger partial charge in [0, 0.05) is 11.8 Å². The molecule has 0 aliphatic carbocycles. The normalized spacial score (nSPS) is 11.9. The van der Waals surface area contributed by atoms with Gasteiger partial charge in [0.2, 0.25) is 0 Å². The van der Waals surface area contributed by atoms with Crippen LogP contribution in [0.1, 0.15) is 5.56 Å². The lowest BCUT2D eigenvalue weighted by atomic mass is 10.2. The molecule has 108 valence electrons. The molecule has 0 unspecified atom stereocenters. The van der Waals surface area contributed by atoms with Gasteiger partial charge < -0.3 is 10.8 Å². The Bertz CT molecular complexity index is 576. The Hall–Kier alpha value is -2.20. The van der Waals surface area contributed by atoms with Crippen LogP contribution in [0.4, 0.5) is 11.4 Å². The van der Waals surface area contributed by atoms with E-state index in [9.17, 15) is 25.0 Å². The summed E-state index contributed by atoms with van der Waals surface area (Å²) in [6.07, 6.45) is 0. The number of aliphatic carboxylic acids is 1. The van der Waals surface area contributed by atoms with E-state index in [1.807, 2.05) is 0 Å². The number of carbonyl (C=O) groups is 1. The number of nitro groups is 2. The molecule has 1 rings (SSSR count). The largest absolute Gasteiger partial charge is 0.480 e. The standard InChI is InChI=1S/C10H11N3O6S/c1-5-2-6(12(16)17)3-8(13(18)19)9(5)20-4-7(11)10(14)15/h2-3,7H,4,11H2,1H3,(H,14,15)/t7-/m0/s1. The number of rotatable bonds is 6. The first kappa shape index (κ1) is 15.9. The van der Waals surface area contributed by atoms with E-state index in [0.29, 0.717) is 5.56 Å². The topological polar surface area (TPSA) is 150 Å². The Labute approximate surface area is 117 Å². The fourth-order valence-corrected chi connectivity index (χ4v) is 2.47. The Morgan fingerprint density at radius 2 is 2.00 bits per heavy atom. The minimum Gasteiger partial charge on any atom is -0.480 e. The fourth-order valence-electron chi connectivity index (χ4n) is 1.41. The number of nitrogens with zero attached hydrogens (tertiary/aromatic N) is 2. The van der Waals surface area contributed by atoms with Crippen LogP contribution in [0.5, 0.6) is 0 Å². The van der Waals surface area contributed by atoms with E-state index in [4.69, 9.17) is 10.8 Å². The van der Waals surface area contributed by atoms with Crippen molar-refractivity contribution in [2.24, 2.45) is 5.73 Å². The van der Waals surface area contributed by atoms with Crippen LogP contribution >= 0.6 is 11.8 Å². The molecule has 0 heterocycles. The van der Waals surface area contributed by atoms with Gasteiger partial charge in [0.25, 0.3) is 11.4 Å². The lowest BCUT2D eigenvalue weighted by Gasteiger charge is -2.09. The molecule has 1 aromatic carbocycles. The van der Waals surface area contributed by atoms with Gasteiger partial charge >= 0.3 is 5.97 Å². The summed E-state index contributed by atoms with van der Waals surface area (Å²) in [5, 5.41) is 30.3. The summed E-state index contributed by atoms with van der Waals surface area (Å²) in [6.45, 7) is 1.48. The van der Waals surface area contributed by atoms with E-state index < -0.39 is 27.5 Å². The Balaban J connectivity index is 3.15. The maximum atomic E-state index is 10.9. The second-order valence-electron chi connectivity index (χ2n) is 3.88. The molecule has 1 aromatic rings. The summed E-state index contributed by atoms with van der Waals surface area (Å²) in [6, 6.07) is 0.873. The minimum atomic E-state index is -1.22. The predicted molar refractivity (Wildman–Crippen MR) is 70.8 cm³/mol. The Morgan fingerprint density at radius 1 is 1.40 bits per heavy atom. The van der Waals surface area contributed by atoms with E-state index >= 15 is 0 Å². The van der Waals surface area contributed by atoms with Crippen molar-refractivity contribution in [1.29, 1.82) is 0 Å². The second-order valence-corrected chi connectivity index (χ2v) is 4.91. The van der Waals surface area contributed by atoms with Crippen molar-refractivity contribution in [3.8, 4) is 0 Å². The van der Waals surface area contributed by atoms with Gasteiger partial charge in [-0.15, -0.1) is 11.8 Å². The highest BCUT2D eigenvalue weighted by Crippen LogP contribution is 2.36. The van der Waals surface area contributed by atoms with Crippen molar-refractivity contribution in [3.63, 3.8) is 0 Å². The van der Waals surface area contributed by atoms with Crippen molar-refractivity contribution in [1.82, 2.24) is 0 Å². The van der Waals surface area contributed by atoms with Crippen LogP contribution in [0.15, 0.2) is 17.0 Å². The van der Waals surface area contributed by atoms with E-state index in [2.05, 4.69) is 0 Å². The lowest BCUT2D eigenvalue weighted by Crippen LogP contribution is -2.32. The number of carboxylic acids is 1. The number of thioether (sulfide) groups is 1. The molecule has 1 atom stereocenters. The van der Waals surface area contributed by atoms with Gasteiger partial charge in [0.1, 0.15) is 6.04 Å². The highest BCUT2D eigenvalue weighted by Gasteiger charge is 2.24. The molecule has 0 fully saturated rings. The molecular formula is C10H11N3O6S. The molecule has 0 spiro atoms. The molecule has 9 nitrogen and oxygen atoms in total. The molecule has 0 saturated heterocycles.